The average molecular weight is 320 g/mol. The Balaban J connectivity index is 2.27. The van der Waals surface area contributed by atoms with E-state index in [1.54, 1.807) is 0 Å². The Morgan fingerprint density at radius 3 is 2.50 bits per heavy atom. The van der Waals surface area contributed by atoms with Crippen LogP contribution < -0.4 is 5.32 Å². The SMILES string of the molecule is CC(C)(NC(=O)c1ccc(F)c(S(=O)(=O)Cl)c1)C1CC1. The number of benzene rings is 1. The summed E-state index contributed by atoms with van der Waals surface area (Å²) in [6.45, 7) is 3.82. The first-order chi connectivity index (χ1) is 9.11. The van der Waals surface area contributed by atoms with Crippen LogP contribution in [-0.4, -0.2) is 19.9 Å². The lowest BCUT2D eigenvalue weighted by Gasteiger charge is -2.26. The molecule has 0 saturated heterocycles. The van der Waals surface area contributed by atoms with Gasteiger partial charge in [0.2, 0.25) is 0 Å². The van der Waals surface area contributed by atoms with Gasteiger partial charge < -0.3 is 5.32 Å². The summed E-state index contributed by atoms with van der Waals surface area (Å²) in [5, 5.41) is 2.83. The standard InChI is InChI=1S/C13H15ClFNO3S/c1-13(2,9-4-5-9)16-12(17)8-3-6-10(15)11(7-8)20(14,18)19/h3,6-7,9H,4-5H2,1-2H3,(H,16,17). The fraction of sp³-hybridized carbons (Fsp3) is 0.462. The summed E-state index contributed by atoms with van der Waals surface area (Å²) >= 11 is 0. The van der Waals surface area contributed by atoms with Crippen LogP contribution in [0.2, 0.25) is 0 Å². The molecule has 1 aromatic carbocycles. The van der Waals surface area contributed by atoms with E-state index < -0.39 is 25.7 Å². The van der Waals surface area contributed by atoms with Crippen LogP contribution in [-0.2, 0) is 9.05 Å². The van der Waals surface area contributed by atoms with Gasteiger partial charge in [0.15, 0.2) is 0 Å². The Labute approximate surface area is 121 Å². The van der Waals surface area contributed by atoms with Crippen LogP contribution in [0.25, 0.3) is 0 Å². The third-order valence-corrected chi connectivity index (χ3v) is 4.83. The lowest BCUT2D eigenvalue weighted by molar-refractivity contribution is 0.0903. The van der Waals surface area contributed by atoms with E-state index in [0.717, 1.165) is 25.0 Å². The molecule has 2 rings (SSSR count). The molecule has 0 radical (unpaired) electrons. The molecule has 1 fully saturated rings. The van der Waals surface area contributed by atoms with Crippen LogP contribution in [0.3, 0.4) is 0 Å². The number of rotatable bonds is 4. The topological polar surface area (TPSA) is 63.2 Å². The largest absolute Gasteiger partial charge is 0.347 e. The molecule has 0 aliphatic heterocycles. The van der Waals surface area contributed by atoms with E-state index in [2.05, 4.69) is 5.32 Å². The van der Waals surface area contributed by atoms with Gasteiger partial charge in [-0.25, -0.2) is 12.8 Å². The van der Waals surface area contributed by atoms with Crippen LogP contribution in [0.1, 0.15) is 37.0 Å². The first-order valence-corrected chi connectivity index (χ1v) is 8.49. The van der Waals surface area contributed by atoms with Gasteiger partial charge in [-0.3, -0.25) is 4.79 Å². The van der Waals surface area contributed by atoms with Crippen molar-refractivity contribution in [1.29, 1.82) is 0 Å². The zero-order valence-electron chi connectivity index (χ0n) is 11.1. The molecule has 0 spiro atoms. The molecule has 7 heteroatoms. The second-order valence-electron chi connectivity index (χ2n) is 5.53. The van der Waals surface area contributed by atoms with Crippen molar-refractivity contribution in [1.82, 2.24) is 5.32 Å². The second kappa shape index (κ2) is 5.00. The molecule has 0 atom stereocenters. The number of hydrogen-bond donors (Lipinski definition) is 1. The van der Waals surface area contributed by atoms with Crippen molar-refractivity contribution in [3.8, 4) is 0 Å². The van der Waals surface area contributed by atoms with Gasteiger partial charge in [0, 0.05) is 21.8 Å². The molecule has 0 unspecified atom stereocenters. The molecule has 1 aromatic rings. The van der Waals surface area contributed by atoms with Crippen molar-refractivity contribution in [2.75, 3.05) is 0 Å². The van der Waals surface area contributed by atoms with E-state index in [1.165, 1.54) is 6.07 Å². The monoisotopic (exact) mass is 319 g/mol. The van der Waals surface area contributed by atoms with Crippen LogP contribution in [0.5, 0.6) is 0 Å². The van der Waals surface area contributed by atoms with Crippen molar-refractivity contribution >= 4 is 25.6 Å². The summed E-state index contributed by atoms with van der Waals surface area (Å²) in [7, 11) is 0.915. The first-order valence-electron chi connectivity index (χ1n) is 6.18. The van der Waals surface area contributed by atoms with Gasteiger partial charge in [0.05, 0.1) is 0 Å². The molecule has 110 valence electrons. The predicted molar refractivity (Wildman–Crippen MR) is 73.7 cm³/mol. The summed E-state index contributed by atoms with van der Waals surface area (Å²) < 4.78 is 35.9. The number of hydrogen-bond acceptors (Lipinski definition) is 3. The lowest BCUT2D eigenvalue weighted by Crippen LogP contribution is -2.45. The normalized spacial score (nSPS) is 16.0. The highest BCUT2D eigenvalue weighted by atomic mass is 35.7. The maximum Gasteiger partial charge on any atom is 0.264 e. The average Bonchev–Trinajstić information content (AvgIpc) is 3.10. The number of halogens is 2. The lowest BCUT2D eigenvalue weighted by atomic mass is 9.98. The van der Waals surface area contributed by atoms with Crippen LogP contribution in [0, 0.1) is 11.7 Å². The highest BCUT2D eigenvalue weighted by Gasteiger charge is 2.38. The summed E-state index contributed by atoms with van der Waals surface area (Å²) in [6, 6.07) is 3.11. The quantitative estimate of drug-likeness (QED) is 0.868. The second-order valence-corrected chi connectivity index (χ2v) is 8.07. The number of carbonyl (C=O) groups is 1. The third-order valence-electron chi connectivity index (χ3n) is 3.49. The van der Waals surface area contributed by atoms with Crippen LogP contribution >= 0.6 is 10.7 Å². The van der Waals surface area contributed by atoms with Gasteiger partial charge in [-0.15, -0.1) is 0 Å². The van der Waals surface area contributed by atoms with Crippen molar-refractivity contribution in [3.05, 3.63) is 29.6 Å². The van der Waals surface area contributed by atoms with E-state index in [-0.39, 0.29) is 11.1 Å². The Morgan fingerprint density at radius 1 is 1.40 bits per heavy atom. The minimum atomic E-state index is -4.22. The Kier molecular flexibility index (Phi) is 3.81. The van der Waals surface area contributed by atoms with Crippen molar-refractivity contribution in [3.63, 3.8) is 0 Å². The van der Waals surface area contributed by atoms with E-state index in [9.17, 15) is 17.6 Å². The van der Waals surface area contributed by atoms with E-state index in [1.807, 2.05) is 13.8 Å². The summed E-state index contributed by atoms with van der Waals surface area (Å²) in [6.07, 6.45) is 2.11. The Morgan fingerprint density at radius 2 is 2.00 bits per heavy atom. The maximum absolute atomic E-state index is 13.4. The maximum atomic E-state index is 13.4. The third kappa shape index (κ3) is 3.30. The zero-order chi connectivity index (χ0) is 15.1. The van der Waals surface area contributed by atoms with Crippen molar-refractivity contribution in [2.24, 2.45) is 5.92 Å². The summed E-state index contributed by atoms with van der Waals surface area (Å²) in [5.74, 6) is -0.996. The summed E-state index contributed by atoms with van der Waals surface area (Å²) in [4.78, 5) is 11.4. The molecule has 1 saturated carbocycles. The Bertz CT molecular complexity index is 654. The van der Waals surface area contributed by atoms with Gasteiger partial charge in [0.25, 0.3) is 15.0 Å². The van der Waals surface area contributed by atoms with Gasteiger partial charge in [0.1, 0.15) is 10.7 Å². The fourth-order valence-corrected chi connectivity index (χ4v) is 3.03. The molecule has 1 aliphatic carbocycles. The fourth-order valence-electron chi connectivity index (χ4n) is 2.10. The minimum absolute atomic E-state index is 0.0688. The molecule has 0 heterocycles. The molecule has 1 amide bonds. The molecule has 4 nitrogen and oxygen atoms in total. The Hall–Kier alpha value is -1.14. The number of nitrogens with one attached hydrogen (secondary N) is 1. The van der Waals surface area contributed by atoms with E-state index in [4.69, 9.17) is 10.7 Å². The minimum Gasteiger partial charge on any atom is -0.347 e. The molecule has 0 bridgehead atoms. The molecule has 20 heavy (non-hydrogen) atoms. The van der Waals surface area contributed by atoms with Gasteiger partial charge in [-0.1, -0.05) is 0 Å². The van der Waals surface area contributed by atoms with Crippen LogP contribution in [0.15, 0.2) is 23.1 Å². The van der Waals surface area contributed by atoms with Crippen LogP contribution in [0.4, 0.5) is 4.39 Å². The zero-order valence-corrected chi connectivity index (χ0v) is 12.7. The van der Waals surface area contributed by atoms with Crippen molar-refractivity contribution in [2.45, 2.75) is 37.1 Å². The van der Waals surface area contributed by atoms with E-state index in [0.29, 0.717) is 5.92 Å². The van der Waals surface area contributed by atoms with E-state index >= 15 is 0 Å². The smallest absolute Gasteiger partial charge is 0.264 e. The molecule has 1 N–H and O–H groups in total. The predicted octanol–water partition coefficient (Wildman–Crippen LogP) is 2.67. The van der Waals surface area contributed by atoms with Gasteiger partial charge >= 0.3 is 0 Å². The molecule has 0 aromatic heterocycles. The summed E-state index contributed by atoms with van der Waals surface area (Å²) in [5.41, 5.74) is -0.301. The number of carbonyl (C=O) groups excluding carboxylic acids is 1. The van der Waals surface area contributed by atoms with Gasteiger partial charge in [-0.05, 0) is 50.8 Å². The molecular weight excluding hydrogens is 305 g/mol. The van der Waals surface area contributed by atoms with Crippen molar-refractivity contribution < 1.29 is 17.6 Å². The van der Waals surface area contributed by atoms with Gasteiger partial charge in [-0.2, -0.15) is 0 Å². The highest BCUT2D eigenvalue weighted by Crippen LogP contribution is 2.39. The molecular formula is C13H15ClFNO3S. The first kappa shape index (κ1) is 15.3. The molecule has 1 aliphatic rings. The highest BCUT2D eigenvalue weighted by molar-refractivity contribution is 8.13. The number of amides is 1.